The highest BCUT2D eigenvalue weighted by Crippen LogP contribution is 2.30. The van der Waals surface area contributed by atoms with E-state index in [9.17, 15) is 18.0 Å². The number of allylic oxidation sites excluding steroid dienone is 1. The van der Waals surface area contributed by atoms with Crippen molar-refractivity contribution in [3.63, 3.8) is 0 Å². The van der Waals surface area contributed by atoms with Gasteiger partial charge >= 0.3 is 6.18 Å². The molecule has 19 heteroatoms. The number of nitrogens with one attached hydrogen (secondary N) is 4. The Bertz CT molecular complexity index is 2600. The van der Waals surface area contributed by atoms with Gasteiger partial charge < -0.3 is 31.7 Å². The molecule has 4 atom stereocenters. The van der Waals surface area contributed by atoms with Crippen LogP contribution in [0.3, 0.4) is 0 Å². The fraction of sp³-hybridized carbons (Fsp3) is 0.444. The Kier molecular flexibility index (Phi) is 34.8. The molecule has 3 heterocycles. The third-order valence-corrected chi connectivity index (χ3v) is 15.0. The number of aromatic nitrogens is 1. The standard InChI is InChI=1S/C56H80N7O2PS.C6H7F3N2S.CH3NO/c1-9-33-60-41-61(39-45(4)5)42-62(40-46(6)7)44-63(43-60)52(11-3)28-31-55(64)57-32-17-15-13-12-14-16-21-47(8)59-51(10-2)37-49-23-18-22-48(36-49)24-19-34-65-53-29-26-50(27-30-53)56(66)58-38-54-25-20-35-67-54;1-10-2-5-11-4(3-12-5)6(7,8)9;2-1-3/h9-11,18,20,22-23,25-27,29-30,35-36,51-52,56,58-59H,1-4,6,8,12-17,21,28,31-34,37-44,66H2,5,7H3,(H,57,64);3,10H,2H2,1H3;1H,(H2,2,3). The average Bonchev–Trinajstić information content (AvgIpc) is 4.15. The van der Waals surface area contributed by atoms with E-state index in [-0.39, 0.29) is 30.2 Å². The van der Waals surface area contributed by atoms with E-state index in [0.717, 1.165) is 156 Å². The van der Waals surface area contributed by atoms with Crippen LogP contribution in [-0.4, -0.2) is 115 Å². The number of nitrogens with zero attached hydrogens (tertiary/aromatic N) is 5. The number of ether oxygens (including phenoxy) is 1. The number of halogens is 3. The number of thiazole rings is 1. The summed E-state index contributed by atoms with van der Waals surface area (Å²) in [6.45, 7) is 37.0. The molecule has 0 aliphatic carbocycles. The number of hydrogen-bond acceptors (Lipinski definition) is 13. The summed E-state index contributed by atoms with van der Waals surface area (Å²) < 4.78 is 41.8. The van der Waals surface area contributed by atoms with Gasteiger partial charge in [0.15, 0.2) is 5.69 Å². The van der Waals surface area contributed by atoms with Crippen molar-refractivity contribution in [2.24, 2.45) is 5.73 Å². The minimum absolute atomic E-state index is 0.0801. The van der Waals surface area contributed by atoms with Crippen LogP contribution in [0.1, 0.15) is 110 Å². The number of nitrogens with two attached hydrogens (primary N) is 1. The van der Waals surface area contributed by atoms with Crippen molar-refractivity contribution in [1.82, 2.24) is 45.9 Å². The third-order valence-electron chi connectivity index (χ3n) is 12.7. The predicted molar refractivity (Wildman–Crippen MR) is 339 cm³/mol. The minimum Gasteiger partial charge on any atom is -0.481 e. The fourth-order valence-corrected chi connectivity index (χ4v) is 10.8. The number of unbranched alkanes of at least 4 members (excludes halogenated alkanes) is 5. The molecule has 0 saturated carbocycles. The van der Waals surface area contributed by atoms with Gasteiger partial charge in [0.2, 0.25) is 12.3 Å². The molecule has 0 spiro atoms. The molecule has 1 fully saturated rings. The molecule has 448 valence electrons. The van der Waals surface area contributed by atoms with Gasteiger partial charge in [-0.05, 0) is 99.8 Å². The second kappa shape index (κ2) is 40.5. The normalized spacial score (nSPS) is 14.3. The Balaban J connectivity index is 0.00000102. The number of primary amides is 1. The van der Waals surface area contributed by atoms with Gasteiger partial charge in [-0.2, -0.15) is 13.2 Å². The summed E-state index contributed by atoms with van der Waals surface area (Å²) >= 11 is 2.77. The van der Waals surface area contributed by atoms with Gasteiger partial charge in [-0.3, -0.25) is 29.2 Å². The molecule has 5 rings (SSSR count). The summed E-state index contributed by atoms with van der Waals surface area (Å²) in [5.74, 6) is 7.52. The lowest BCUT2D eigenvalue weighted by atomic mass is 10.0. The predicted octanol–water partition coefficient (Wildman–Crippen LogP) is 11.6. The van der Waals surface area contributed by atoms with E-state index >= 15 is 0 Å². The smallest absolute Gasteiger partial charge is 0.434 e. The number of rotatable bonds is 33. The number of benzene rings is 2. The highest BCUT2D eigenvalue weighted by molar-refractivity contribution is 7.17. The van der Waals surface area contributed by atoms with Crippen molar-refractivity contribution in [1.29, 1.82) is 0 Å². The molecule has 13 nitrogen and oxygen atoms in total. The van der Waals surface area contributed by atoms with E-state index in [0.29, 0.717) is 24.6 Å². The van der Waals surface area contributed by atoms with Crippen molar-refractivity contribution >= 4 is 44.2 Å². The number of alkyl halides is 3. The number of hydrogen-bond donors (Lipinski definition) is 5. The molecule has 1 aliphatic rings. The van der Waals surface area contributed by atoms with Crippen molar-refractivity contribution in [2.75, 3.05) is 66.5 Å². The van der Waals surface area contributed by atoms with E-state index in [1.54, 1.807) is 18.4 Å². The molecule has 0 bridgehead atoms. The monoisotopic (exact) mass is 1190 g/mol. The Morgan fingerprint density at radius 2 is 1.55 bits per heavy atom. The van der Waals surface area contributed by atoms with Gasteiger partial charge in [0.25, 0.3) is 0 Å². The van der Waals surface area contributed by atoms with E-state index in [2.05, 4.69) is 174 Å². The number of thiophene rings is 1. The van der Waals surface area contributed by atoms with Crippen LogP contribution < -0.4 is 31.7 Å². The van der Waals surface area contributed by atoms with Crippen LogP contribution in [0.5, 0.6) is 5.75 Å². The van der Waals surface area contributed by atoms with Crippen molar-refractivity contribution in [3.05, 3.63) is 178 Å². The second-order valence-electron chi connectivity index (χ2n) is 20.3. The summed E-state index contributed by atoms with van der Waals surface area (Å²) in [5.41, 5.74) is 10.0. The summed E-state index contributed by atoms with van der Waals surface area (Å²) in [4.78, 5) is 35.9. The molecular formula is C63H90F3N10O3PS2. The van der Waals surface area contributed by atoms with Crippen LogP contribution in [0.2, 0.25) is 0 Å². The zero-order valence-corrected chi connectivity index (χ0v) is 51.4. The summed E-state index contributed by atoms with van der Waals surface area (Å²) in [6, 6.07) is 20.9. The van der Waals surface area contributed by atoms with Crippen molar-refractivity contribution < 1.29 is 27.5 Å². The van der Waals surface area contributed by atoms with Crippen LogP contribution in [0.4, 0.5) is 13.2 Å². The molecule has 0 radical (unpaired) electrons. The maximum absolute atomic E-state index is 12.9. The van der Waals surface area contributed by atoms with E-state index < -0.39 is 11.9 Å². The van der Waals surface area contributed by atoms with E-state index in [1.807, 2.05) is 36.4 Å². The highest BCUT2D eigenvalue weighted by Gasteiger charge is 2.33. The van der Waals surface area contributed by atoms with Gasteiger partial charge in [-0.15, -0.1) is 51.7 Å². The molecule has 1 aliphatic heterocycles. The van der Waals surface area contributed by atoms with Gasteiger partial charge in [0.1, 0.15) is 17.4 Å². The van der Waals surface area contributed by atoms with Crippen LogP contribution in [0, 0.1) is 11.8 Å². The third kappa shape index (κ3) is 30.0. The quantitative estimate of drug-likeness (QED) is 0.0102. The van der Waals surface area contributed by atoms with Gasteiger partial charge in [0, 0.05) is 85.1 Å². The molecule has 4 aromatic rings. The zero-order valence-electron chi connectivity index (χ0n) is 48.6. The largest absolute Gasteiger partial charge is 0.481 e. The van der Waals surface area contributed by atoms with Crippen molar-refractivity contribution in [2.45, 2.75) is 115 Å². The van der Waals surface area contributed by atoms with Crippen LogP contribution in [-0.2, 0) is 35.3 Å². The lowest BCUT2D eigenvalue weighted by Crippen LogP contribution is -2.57. The molecule has 6 N–H and O–H groups in total. The number of amides is 2. The van der Waals surface area contributed by atoms with Gasteiger partial charge in [-0.25, -0.2) is 4.98 Å². The number of carbonyl (C=O) groups excluding carboxylic acids is 2. The zero-order chi connectivity index (χ0) is 60.1. The fourth-order valence-electron chi connectivity index (χ4n) is 8.95. The lowest BCUT2D eigenvalue weighted by molar-refractivity contribution is -0.140. The van der Waals surface area contributed by atoms with Crippen LogP contribution in [0.25, 0.3) is 0 Å². The van der Waals surface area contributed by atoms with Gasteiger partial charge in [-0.1, -0.05) is 117 Å². The summed E-state index contributed by atoms with van der Waals surface area (Å²) in [7, 11) is 4.53. The van der Waals surface area contributed by atoms with Crippen LogP contribution >= 0.6 is 31.9 Å². The first-order valence-corrected chi connectivity index (χ1v) is 30.2. The summed E-state index contributed by atoms with van der Waals surface area (Å²) in [6.07, 6.45) is 11.5. The van der Waals surface area contributed by atoms with E-state index in [4.69, 9.17) is 9.53 Å². The minimum atomic E-state index is -4.32. The first-order valence-electron chi connectivity index (χ1n) is 27.8. The summed E-state index contributed by atoms with van der Waals surface area (Å²) in [5, 5.41) is 16.6. The molecule has 2 aromatic carbocycles. The van der Waals surface area contributed by atoms with Crippen molar-refractivity contribution in [3.8, 4) is 17.6 Å². The number of carbonyl (C=O) groups is 2. The first kappa shape index (κ1) is 70.6. The highest BCUT2D eigenvalue weighted by atomic mass is 32.1. The molecule has 2 amide bonds. The molecule has 82 heavy (non-hydrogen) atoms. The lowest BCUT2D eigenvalue weighted by Gasteiger charge is -2.44. The van der Waals surface area contributed by atoms with E-state index in [1.165, 1.54) is 22.4 Å². The average molecular weight is 1190 g/mol. The SMILES string of the molecule is C=CCN1CN(CC(=C)C)CN(CC(=C)C)CN(C(C=C)CCC(=O)NCCCCCCCCC(=C)NC(C=C)Cc2cccc(C#CCOc3ccc(C(P)NCc4cccs4)cc3)c2)C1.CNCc1nc(C(F)(F)F)cs1.NC=O. The Labute approximate surface area is 498 Å². The first-order chi connectivity index (χ1) is 39.4. The molecule has 2 aromatic heterocycles. The molecule has 1 saturated heterocycles. The molecular weight excluding hydrogens is 1100 g/mol. The Hall–Kier alpha value is -5.71. The maximum atomic E-state index is 12.9. The van der Waals surface area contributed by atoms with Crippen LogP contribution in [0.15, 0.2) is 146 Å². The van der Waals surface area contributed by atoms with Gasteiger partial charge in [0.05, 0.1) is 26.7 Å². The Morgan fingerprint density at radius 1 is 0.878 bits per heavy atom. The maximum Gasteiger partial charge on any atom is 0.434 e. The molecule has 4 unspecified atom stereocenters. The Morgan fingerprint density at radius 3 is 2.17 bits per heavy atom. The topological polar surface area (TPSA) is 143 Å². The second-order valence-corrected chi connectivity index (χ2v) is 23.0.